The maximum absolute atomic E-state index is 14.7. The minimum absolute atomic E-state index is 0.0140. The second kappa shape index (κ2) is 12.0. The third kappa shape index (κ3) is 5.22. The first-order valence-corrected chi connectivity index (χ1v) is 17.5. The molecule has 0 saturated heterocycles. The van der Waals surface area contributed by atoms with Crippen molar-refractivity contribution in [2.45, 2.75) is 9.79 Å². The molecule has 0 spiro atoms. The molecule has 10 nitrogen and oxygen atoms in total. The van der Waals surface area contributed by atoms with Crippen LogP contribution in [0.4, 0.5) is 28.4 Å². The number of aromatic nitrogens is 1. The van der Waals surface area contributed by atoms with Crippen molar-refractivity contribution in [3.05, 3.63) is 156 Å². The van der Waals surface area contributed by atoms with Gasteiger partial charge in [0, 0.05) is 6.07 Å². The van der Waals surface area contributed by atoms with Gasteiger partial charge in [-0.05, 0) is 60.7 Å². The Labute approximate surface area is 276 Å². The molecule has 7 rings (SSSR count). The Kier molecular flexibility index (Phi) is 7.66. The number of anilines is 5. The highest BCUT2D eigenvalue weighted by Gasteiger charge is 2.36. The van der Waals surface area contributed by atoms with Gasteiger partial charge in [-0.1, -0.05) is 78.9 Å². The van der Waals surface area contributed by atoms with Crippen LogP contribution < -0.4 is 19.8 Å². The van der Waals surface area contributed by atoms with Gasteiger partial charge in [0.05, 0.1) is 22.7 Å². The molecular formula is C36H26N4O6S2. The molecule has 5 aromatic carbocycles. The van der Waals surface area contributed by atoms with E-state index >= 15 is 0 Å². The lowest BCUT2D eigenvalue weighted by Crippen LogP contribution is -2.30. The number of benzene rings is 6. The summed E-state index contributed by atoms with van der Waals surface area (Å²) in [7, 11) is -9.09. The van der Waals surface area contributed by atoms with Crippen LogP contribution in [0.15, 0.2) is 165 Å². The summed E-state index contributed by atoms with van der Waals surface area (Å²) in [6.45, 7) is 0. The van der Waals surface area contributed by atoms with E-state index in [1.807, 2.05) is 0 Å². The first-order valence-electron chi connectivity index (χ1n) is 14.6. The van der Waals surface area contributed by atoms with E-state index in [1.165, 1.54) is 22.5 Å². The highest BCUT2D eigenvalue weighted by Crippen LogP contribution is 2.41. The molecule has 1 aliphatic carbocycles. The summed E-state index contributed by atoms with van der Waals surface area (Å²) in [5.74, 6) is -0.182. The smallest absolute Gasteiger partial charge is 0.273 e. The summed E-state index contributed by atoms with van der Waals surface area (Å²) >= 11 is 0. The molecule has 0 saturated carbocycles. The summed E-state index contributed by atoms with van der Waals surface area (Å²) in [5, 5.41) is 0. The van der Waals surface area contributed by atoms with Crippen molar-refractivity contribution < 1.29 is 21.3 Å². The molecule has 0 fully saturated rings. The Morgan fingerprint density at radius 1 is 0.562 bits per heavy atom. The number of para-hydroxylation sites is 5. The molecule has 0 atom stereocenters. The number of hydrogen-bond acceptors (Lipinski definition) is 8. The van der Waals surface area contributed by atoms with E-state index in [-0.39, 0.29) is 38.8 Å². The van der Waals surface area contributed by atoms with Crippen LogP contribution in [-0.4, -0.2) is 21.8 Å². The van der Waals surface area contributed by atoms with Crippen LogP contribution in [0.1, 0.15) is 0 Å². The Balaban J connectivity index is 1.51. The van der Waals surface area contributed by atoms with Gasteiger partial charge in [0.15, 0.2) is 11.3 Å². The van der Waals surface area contributed by atoms with Crippen molar-refractivity contribution in [1.82, 2.24) is 4.98 Å². The monoisotopic (exact) mass is 674 g/mol. The molecule has 0 radical (unpaired) electrons. The van der Waals surface area contributed by atoms with Crippen molar-refractivity contribution >= 4 is 59.6 Å². The summed E-state index contributed by atoms with van der Waals surface area (Å²) in [6.07, 6.45) is 0. The first-order chi connectivity index (χ1) is 23.2. The molecule has 48 heavy (non-hydrogen) atoms. The zero-order chi connectivity index (χ0) is 33.5. The predicted octanol–water partition coefficient (Wildman–Crippen LogP) is 6.93. The second-order valence-corrected chi connectivity index (χ2v) is 14.1. The molecule has 238 valence electrons. The maximum atomic E-state index is 14.7. The third-order valence-corrected chi connectivity index (χ3v) is 11.2. The van der Waals surface area contributed by atoms with Crippen molar-refractivity contribution in [2.75, 3.05) is 14.3 Å². The Morgan fingerprint density at radius 3 is 1.46 bits per heavy atom. The number of hydrogen-bond donors (Lipinski definition) is 1. The summed E-state index contributed by atoms with van der Waals surface area (Å²) in [4.78, 5) is 16.9. The van der Waals surface area contributed by atoms with Crippen molar-refractivity contribution in [3.63, 3.8) is 0 Å². The molecule has 2 N–H and O–H groups in total. The van der Waals surface area contributed by atoms with Gasteiger partial charge in [-0.2, -0.15) is 0 Å². The van der Waals surface area contributed by atoms with E-state index < -0.39 is 36.1 Å². The fraction of sp³-hybridized carbons (Fsp3) is 0. The second-order valence-electron chi connectivity index (χ2n) is 10.7. The van der Waals surface area contributed by atoms with Crippen molar-refractivity contribution in [1.29, 1.82) is 0 Å². The van der Waals surface area contributed by atoms with Crippen LogP contribution in [-0.2, 0) is 20.0 Å². The zero-order valence-corrected chi connectivity index (χ0v) is 26.7. The minimum atomic E-state index is -4.68. The third-order valence-electron chi connectivity index (χ3n) is 7.61. The van der Waals surface area contributed by atoms with Gasteiger partial charge < -0.3 is 10.2 Å². The van der Waals surface area contributed by atoms with Gasteiger partial charge in [0.25, 0.3) is 20.0 Å². The van der Waals surface area contributed by atoms with Crippen LogP contribution in [0.25, 0.3) is 22.6 Å². The molecule has 0 amide bonds. The largest absolute Gasteiger partial charge is 0.453 e. The molecule has 0 bridgehead atoms. The summed E-state index contributed by atoms with van der Waals surface area (Å²) in [5.41, 5.74) is 5.73. The first kappa shape index (κ1) is 30.7. The predicted molar refractivity (Wildman–Crippen MR) is 186 cm³/mol. The fourth-order valence-corrected chi connectivity index (χ4v) is 8.88. The lowest BCUT2D eigenvalue weighted by atomic mass is 10.2. The summed E-state index contributed by atoms with van der Waals surface area (Å²) < 4.78 is 66.9. The average molecular weight is 675 g/mol. The number of fused-ring (bicyclic) bond motifs is 2. The average Bonchev–Trinajstić information content (AvgIpc) is 3.09. The van der Waals surface area contributed by atoms with E-state index in [0.717, 1.165) is 10.4 Å². The quantitative estimate of drug-likeness (QED) is 0.135. The number of nitrogens with two attached hydrogens (primary N) is 1. The number of rotatable bonds is 8. The molecule has 0 unspecified atom stereocenters. The molecule has 5 aromatic rings. The zero-order valence-electron chi connectivity index (χ0n) is 25.0. The number of sulfonamides is 2. The normalized spacial score (nSPS) is 11.8. The molecule has 1 aliphatic heterocycles. The van der Waals surface area contributed by atoms with E-state index in [4.69, 9.17) is 10.2 Å². The standard InChI is InChI=1S/C36H26N4O6S2/c37-33-29(41)24-31-35(36(33)48(44,45)40(27-18-9-3-10-19-27)28-20-11-4-12-21-28)38-34-30(46-31)22-13-23-32(34)47(42,43)39(25-14-5-1-6-15-25)26-16-7-2-8-17-26/h1-24H,37H2. The van der Waals surface area contributed by atoms with Gasteiger partial charge in [-0.3, -0.25) is 4.79 Å². The molecule has 0 aromatic heterocycles. The van der Waals surface area contributed by atoms with Crippen molar-refractivity contribution in [3.8, 4) is 11.5 Å². The van der Waals surface area contributed by atoms with Crippen LogP contribution in [0, 0.1) is 0 Å². The minimum Gasteiger partial charge on any atom is -0.453 e. The molecule has 1 heterocycles. The highest BCUT2D eigenvalue weighted by atomic mass is 32.2. The van der Waals surface area contributed by atoms with Crippen LogP contribution in [0.2, 0.25) is 0 Å². The SMILES string of the molecule is Nc1c(S(=O)(=O)N(c2ccccc2)c2ccccc2)c2nc3c(S(=O)(=O)N(c4ccccc4)c4ccccc4)cccc3oc-2cc1=O. The van der Waals surface area contributed by atoms with Crippen LogP contribution >= 0.6 is 0 Å². The van der Waals surface area contributed by atoms with E-state index in [2.05, 4.69) is 4.98 Å². The number of nitrogens with zero attached hydrogens (tertiary/aromatic N) is 3. The van der Waals surface area contributed by atoms with Crippen molar-refractivity contribution in [2.24, 2.45) is 0 Å². The highest BCUT2D eigenvalue weighted by molar-refractivity contribution is 7.93. The Hall–Kier alpha value is -5.98. The van der Waals surface area contributed by atoms with E-state index in [0.29, 0.717) is 11.4 Å². The van der Waals surface area contributed by atoms with Gasteiger partial charge in [0.2, 0.25) is 5.43 Å². The molecule has 12 heteroatoms. The lowest BCUT2D eigenvalue weighted by Gasteiger charge is -2.26. The maximum Gasteiger partial charge on any atom is 0.273 e. The topological polar surface area (TPSA) is 144 Å². The van der Waals surface area contributed by atoms with E-state index in [9.17, 15) is 21.6 Å². The van der Waals surface area contributed by atoms with Crippen LogP contribution in [0.3, 0.4) is 0 Å². The lowest BCUT2D eigenvalue weighted by molar-refractivity contribution is 0.588. The molecule has 2 aliphatic rings. The van der Waals surface area contributed by atoms with Crippen LogP contribution in [0.5, 0.6) is 0 Å². The summed E-state index contributed by atoms with van der Waals surface area (Å²) in [6, 6.07) is 39.0. The Bertz CT molecular complexity index is 2430. The van der Waals surface area contributed by atoms with Gasteiger partial charge in [-0.25, -0.2) is 30.4 Å². The van der Waals surface area contributed by atoms with E-state index in [1.54, 1.807) is 121 Å². The number of nitrogen functional groups attached to an aromatic ring is 1. The van der Waals surface area contributed by atoms with Gasteiger partial charge in [-0.15, -0.1) is 0 Å². The van der Waals surface area contributed by atoms with Gasteiger partial charge >= 0.3 is 0 Å². The fourth-order valence-electron chi connectivity index (χ4n) is 5.49. The molecular weight excluding hydrogens is 649 g/mol. The Morgan fingerprint density at radius 2 is 1.00 bits per heavy atom. The van der Waals surface area contributed by atoms with Gasteiger partial charge in [0.1, 0.15) is 26.7 Å².